The summed E-state index contributed by atoms with van der Waals surface area (Å²) < 4.78 is 1.73. The predicted octanol–water partition coefficient (Wildman–Crippen LogP) is 3.64. The zero-order chi connectivity index (χ0) is 21.7. The highest BCUT2D eigenvalue weighted by molar-refractivity contribution is 5.99. The molecule has 0 atom stereocenters. The van der Waals surface area contributed by atoms with Crippen molar-refractivity contribution in [3.63, 3.8) is 0 Å². The lowest BCUT2D eigenvalue weighted by atomic mass is 9.98. The summed E-state index contributed by atoms with van der Waals surface area (Å²) in [6, 6.07) is 11.9. The molecule has 0 saturated carbocycles. The van der Waals surface area contributed by atoms with Gasteiger partial charge in [0, 0.05) is 55.5 Å². The van der Waals surface area contributed by atoms with E-state index in [2.05, 4.69) is 39.1 Å². The third kappa shape index (κ3) is 3.09. The van der Waals surface area contributed by atoms with Crippen LogP contribution in [0.5, 0.6) is 0 Å². The molecular weight excluding hydrogens is 390 g/mol. The first-order valence-corrected chi connectivity index (χ1v) is 10.2. The standard InChI is InChI=1S/C24H23N5O2/c1-15-9-19-20(26-24(15)31)5-4-6-21(19)29-8-7-27(2)22-11-18(16(14-30)10-23(22)29)17-12-25-28(3)13-17/h4-6,9-14H,7-8H2,1-3H3,(H,26,31). The normalized spacial score (nSPS) is 13.5. The second kappa shape index (κ2) is 7.12. The van der Waals surface area contributed by atoms with Crippen LogP contribution in [0.3, 0.4) is 0 Å². The van der Waals surface area contributed by atoms with Crippen LogP contribution in [0.2, 0.25) is 0 Å². The molecule has 0 radical (unpaired) electrons. The van der Waals surface area contributed by atoms with E-state index >= 15 is 0 Å². The van der Waals surface area contributed by atoms with Gasteiger partial charge in [-0.1, -0.05) is 6.07 Å². The molecule has 5 rings (SSSR count). The van der Waals surface area contributed by atoms with Gasteiger partial charge in [-0.2, -0.15) is 5.10 Å². The molecular formula is C24H23N5O2. The largest absolute Gasteiger partial charge is 0.371 e. The SMILES string of the molecule is Cc1cc2c(N3CCN(C)c4cc(-c5cnn(C)c5)c(C=O)cc43)cccc2[nH]c1=O. The Morgan fingerprint density at radius 2 is 1.90 bits per heavy atom. The van der Waals surface area contributed by atoms with E-state index in [0.717, 1.165) is 58.5 Å². The zero-order valence-electron chi connectivity index (χ0n) is 17.7. The number of hydrogen-bond acceptors (Lipinski definition) is 5. The van der Waals surface area contributed by atoms with Crippen molar-refractivity contribution < 1.29 is 4.79 Å². The number of H-pyrrole nitrogens is 1. The first-order valence-electron chi connectivity index (χ1n) is 10.2. The van der Waals surface area contributed by atoms with Gasteiger partial charge in [0.2, 0.25) is 0 Å². The van der Waals surface area contributed by atoms with Crippen LogP contribution in [0.4, 0.5) is 17.1 Å². The number of likely N-dealkylation sites (N-methyl/N-ethyl adjacent to an activating group) is 1. The number of aromatic amines is 1. The van der Waals surface area contributed by atoms with Crippen LogP contribution >= 0.6 is 0 Å². The lowest BCUT2D eigenvalue weighted by Crippen LogP contribution is -2.36. The van der Waals surface area contributed by atoms with Gasteiger partial charge in [-0.25, -0.2) is 0 Å². The fourth-order valence-corrected chi connectivity index (χ4v) is 4.32. The van der Waals surface area contributed by atoms with E-state index in [9.17, 15) is 9.59 Å². The monoisotopic (exact) mass is 413 g/mol. The molecule has 0 spiro atoms. The molecule has 0 aliphatic carbocycles. The number of rotatable bonds is 3. The van der Waals surface area contributed by atoms with Crippen LogP contribution in [-0.4, -0.2) is 41.2 Å². The van der Waals surface area contributed by atoms with E-state index in [1.54, 1.807) is 10.9 Å². The Bertz CT molecular complexity index is 1380. The van der Waals surface area contributed by atoms with Crippen molar-refractivity contribution >= 4 is 34.3 Å². The molecule has 2 aromatic carbocycles. The molecule has 0 amide bonds. The molecule has 7 nitrogen and oxygen atoms in total. The zero-order valence-corrected chi connectivity index (χ0v) is 17.7. The molecule has 0 unspecified atom stereocenters. The summed E-state index contributed by atoms with van der Waals surface area (Å²) in [6.07, 6.45) is 4.60. The first-order chi connectivity index (χ1) is 15.0. The van der Waals surface area contributed by atoms with E-state index < -0.39 is 0 Å². The van der Waals surface area contributed by atoms with Gasteiger partial charge < -0.3 is 14.8 Å². The van der Waals surface area contributed by atoms with Crippen LogP contribution in [0, 0.1) is 6.92 Å². The Morgan fingerprint density at radius 3 is 2.65 bits per heavy atom. The Balaban J connectivity index is 1.73. The van der Waals surface area contributed by atoms with Crippen molar-refractivity contribution in [3.8, 4) is 11.1 Å². The molecule has 4 aromatic rings. The summed E-state index contributed by atoms with van der Waals surface area (Å²) in [5.41, 5.74) is 6.84. The number of nitrogens with zero attached hydrogens (tertiary/aromatic N) is 4. The number of carbonyl (C=O) groups is 1. The number of benzene rings is 2. The number of nitrogens with one attached hydrogen (secondary N) is 1. The molecule has 1 aliphatic heterocycles. The second-order valence-electron chi connectivity index (χ2n) is 8.04. The van der Waals surface area contributed by atoms with Crippen molar-refractivity contribution in [1.82, 2.24) is 14.8 Å². The van der Waals surface area contributed by atoms with Crippen LogP contribution < -0.4 is 15.4 Å². The van der Waals surface area contributed by atoms with Gasteiger partial charge >= 0.3 is 0 Å². The Morgan fingerprint density at radius 1 is 1.06 bits per heavy atom. The van der Waals surface area contributed by atoms with Crippen LogP contribution in [0.1, 0.15) is 15.9 Å². The number of aromatic nitrogens is 3. The summed E-state index contributed by atoms with van der Waals surface area (Å²) in [6.45, 7) is 3.42. The summed E-state index contributed by atoms with van der Waals surface area (Å²) in [4.78, 5) is 31.5. The van der Waals surface area contributed by atoms with E-state index in [1.807, 2.05) is 44.4 Å². The van der Waals surface area contributed by atoms with Crippen LogP contribution in [-0.2, 0) is 7.05 Å². The maximum Gasteiger partial charge on any atom is 0.251 e. The summed E-state index contributed by atoms with van der Waals surface area (Å²) in [7, 11) is 3.93. The molecule has 1 N–H and O–H groups in total. The summed E-state index contributed by atoms with van der Waals surface area (Å²) >= 11 is 0. The molecule has 3 heterocycles. The number of fused-ring (bicyclic) bond motifs is 2. The van der Waals surface area contributed by atoms with Gasteiger partial charge in [0.15, 0.2) is 6.29 Å². The number of aldehydes is 1. The molecule has 2 aromatic heterocycles. The maximum atomic E-state index is 12.1. The first kappa shape index (κ1) is 19.1. The van der Waals surface area contributed by atoms with Crippen molar-refractivity contribution in [2.24, 2.45) is 7.05 Å². The number of anilines is 3. The lowest BCUT2D eigenvalue weighted by molar-refractivity contribution is 0.112. The van der Waals surface area contributed by atoms with Gasteiger partial charge in [0.1, 0.15) is 0 Å². The number of hydrogen-bond donors (Lipinski definition) is 1. The van der Waals surface area contributed by atoms with Gasteiger partial charge in [0.25, 0.3) is 5.56 Å². The van der Waals surface area contributed by atoms with Crippen molar-refractivity contribution in [2.45, 2.75) is 6.92 Å². The molecule has 7 heteroatoms. The van der Waals surface area contributed by atoms with Crippen molar-refractivity contribution in [1.29, 1.82) is 0 Å². The van der Waals surface area contributed by atoms with Crippen molar-refractivity contribution in [2.75, 3.05) is 29.9 Å². The average molecular weight is 413 g/mol. The van der Waals surface area contributed by atoms with E-state index in [0.29, 0.717) is 11.1 Å². The van der Waals surface area contributed by atoms with E-state index in [1.165, 1.54) is 0 Å². The molecule has 156 valence electrons. The van der Waals surface area contributed by atoms with Gasteiger partial charge in [-0.05, 0) is 42.8 Å². The van der Waals surface area contributed by atoms with Crippen LogP contribution in [0.15, 0.2) is 53.6 Å². The lowest BCUT2D eigenvalue weighted by Gasteiger charge is -2.38. The average Bonchev–Trinajstić information content (AvgIpc) is 3.20. The minimum Gasteiger partial charge on any atom is -0.371 e. The Labute approximate surface area is 179 Å². The number of carbonyl (C=O) groups excluding carboxylic acids is 1. The second-order valence-corrected chi connectivity index (χ2v) is 8.04. The summed E-state index contributed by atoms with van der Waals surface area (Å²) in [5, 5.41) is 5.24. The third-order valence-corrected chi connectivity index (χ3v) is 5.99. The molecule has 31 heavy (non-hydrogen) atoms. The predicted molar refractivity (Wildman–Crippen MR) is 124 cm³/mol. The highest BCUT2D eigenvalue weighted by atomic mass is 16.1. The third-order valence-electron chi connectivity index (χ3n) is 5.99. The van der Waals surface area contributed by atoms with Gasteiger partial charge in [0.05, 0.1) is 28.8 Å². The van der Waals surface area contributed by atoms with Gasteiger partial charge in [-0.15, -0.1) is 0 Å². The van der Waals surface area contributed by atoms with Gasteiger partial charge in [-0.3, -0.25) is 14.3 Å². The quantitative estimate of drug-likeness (QED) is 0.519. The minimum atomic E-state index is -0.0761. The minimum absolute atomic E-state index is 0.0761. The number of aryl methyl sites for hydroxylation is 2. The topological polar surface area (TPSA) is 74.2 Å². The smallest absolute Gasteiger partial charge is 0.251 e. The fourth-order valence-electron chi connectivity index (χ4n) is 4.32. The molecule has 0 fully saturated rings. The summed E-state index contributed by atoms with van der Waals surface area (Å²) in [5.74, 6) is 0. The highest BCUT2D eigenvalue weighted by Crippen LogP contribution is 2.42. The molecule has 0 bridgehead atoms. The van der Waals surface area contributed by atoms with Crippen molar-refractivity contribution in [3.05, 3.63) is 70.3 Å². The number of pyridine rings is 1. The molecule has 1 aliphatic rings. The van der Waals surface area contributed by atoms with E-state index in [-0.39, 0.29) is 5.56 Å². The molecule has 0 saturated heterocycles. The maximum absolute atomic E-state index is 12.1. The van der Waals surface area contributed by atoms with Crippen LogP contribution in [0.25, 0.3) is 22.0 Å². The fraction of sp³-hybridized carbons (Fsp3) is 0.208. The Hall–Kier alpha value is -3.87. The van der Waals surface area contributed by atoms with E-state index in [4.69, 9.17) is 0 Å². The Kier molecular flexibility index (Phi) is 4.39. The highest BCUT2D eigenvalue weighted by Gasteiger charge is 2.25.